The average molecular weight is 342 g/mol. The van der Waals surface area contributed by atoms with E-state index in [4.69, 9.17) is 9.84 Å². The molecule has 1 heterocycles. The highest BCUT2D eigenvalue weighted by Gasteiger charge is 2.17. The SMILES string of the molecule is Cc1nc(C(=O)N(C)Cc2cccc(OC(C)C)c2)ccc1C(=O)O. The molecule has 0 saturated heterocycles. The first kappa shape index (κ1) is 18.4. The number of aromatic carboxylic acids is 1. The van der Waals surface area contributed by atoms with Gasteiger partial charge >= 0.3 is 5.97 Å². The van der Waals surface area contributed by atoms with Crippen molar-refractivity contribution in [2.45, 2.75) is 33.4 Å². The van der Waals surface area contributed by atoms with E-state index >= 15 is 0 Å². The Kier molecular flexibility index (Phi) is 5.75. The summed E-state index contributed by atoms with van der Waals surface area (Å²) in [7, 11) is 1.68. The van der Waals surface area contributed by atoms with Crippen LogP contribution < -0.4 is 4.74 Å². The van der Waals surface area contributed by atoms with Crippen LogP contribution in [-0.2, 0) is 6.54 Å². The Morgan fingerprint density at radius 3 is 2.56 bits per heavy atom. The zero-order valence-electron chi connectivity index (χ0n) is 14.8. The maximum atomic E-state index is 12.5. The lowest BCUT2D eigenvalue weighted by Crippen LogP contribution is -2.27. The number of hydrogen-bond acceptors (Lipinski definition) is 4. The van der Waals surface area contributed by atoms with E-state index in [0.29, 0.717) is 12.2 Å². The summed E-state index contributed by atoms with van der Waals surface area (Å²) >= 11 is 0. The average Bonchev–Trinajstić information content (AvgIpc) is 2.53. The zero-order chi connectivity index (χ0) is 18.6. The molecule has 0 spiro atoms. The van der Waals surface area contributed by atoms with E-state index in [0.717, 1.165) is 11.3 Å². The summed E-state index contributed by atoms with van der Waals surface area (Å²) in [6.07, 6.45) is 0.0783. The van der Waals surface area contributed by atoms with E-state index in [1.54, 1.807) is 14.0 Å². The summed E-state index contributed by atoms with van der Waals surface area (Å²) in [5.74, 6) is -0.567. The van der Waals surface area contributed by atoms with Crippen molar-refractivity contribution in [3.8, 4) is 5.75 Å². The first-order valence-electron chi connectivity index (χ1n) is 8.00. The number of rotatable bonds is 6. The highest BCUT2D eigenvalue weighted by atomic mass is 16.5. The summed E-state index contributed by atoms with van der Waals surface area (Å²) in [6.45, 7) is 5.89. The van der Waals surface area contributed by atoms with Gasteiger partial charge in [-0.2, -0.15) is 0 Å². The molecular weight excluding hydrogens is 320 g/mol. The van der Waals surface area contributed by atoms with E-state index in [2.05, 4.69) is 4.98 Å². The molecule has 6 nitrogen and oxygen atoms in total. The topological polar surface area (TPSA) is 79.7 Å². The number of carboxylic acids is 1. The number of carbonyl (C=O) groups excluding carboxylic acids is 1. The Labute approximate surface area is 147 Å². The summed E-state index contributed by atoms with van der Waals surface area (Å²) in [6, 6.07) is 10.4. The molecular formula is C19H22N2O4. The van der Waals surface area contributed by atoms with Gasteiger partial charge < -0.3 is 14.7 Å². The minimum absolute atomic E-state index is 0.0783. The number of hydrogen-bond donors (Lipinski definition) is 1. The monoisotopic (exact) mass is 342 g/mol. The van der Waals surface area contributed by atoms with Crippen molar-refractivity contribution in [1.29, 1.82) is 0 Å². The zero-order valence-corrected chi connectivity index (χ0v) is 14.8. The third-order valence-electron chi connectivity index (χ3n) is 3.57. The van der Waals surface area contributed by atoms with Gasteiger partial charge in [-0.25, -0.2) is 9.78 Å². The molecule has 0 aliphatic heterocycles. The molecule has 0 saturated carbocycles. The van der Waals surface area contributed by atoms with Gasteiger partial charge in [-0.1, -0.05) is 12.1 Å². The van der Waals surface area contributed by atoms with Gasteiger partial charge in [0.15, 0.2) is 0 Å². The van der Waals surface area contributed by atoms with E-state index in [1.165, 1.54) is 17.0 Å². The maximum Gasteiger partial charge on any atom is 0.337 e. The number of ether oxygens (including phenoxy) is 1. The second kappa shape index (κ2) is 7.79. The van der Waals surface area contributed by atoms with Crippen molar-refractivity contribution in [2.75, 3.05) is 7.05 Å². The van der Waals surface area contributed by atoms with Crippen LogP contribution in [0.3, 0.4) is 0 Å². The van der Waals surface area contributed by atoms with Gasteiger partial charge in [-0.05, 0) is 50.6 Å². The van der Waals surface area contributed by atoms with Gasteiger partial charge in [0.2, 0.25) is 0 Å². The van der Waals surface area contributed by atoms with Crippen LogP contribution in [0.15, 0.2) is 36.4 Å². The fraction of sp³-hybridized carbons (Fsp3) is 0.316. The highest BCUT2D eigenvalue weighted by molar-refractivity contribution is 5.94. The standard InChI is InChI=1S/C19H22N2O4/c1-12(2)25-15-7-5-6-14(10-15)11-21(4)18(22)17-9-8-16(19(23)24)13(3)20-17/h5-10,12H,11H2,1-4H3,(H,23,24). The molecule has 2 rings (SSSR count). The molecule has 6 heteroatoms. The lowest BCUT2D eigenvalue weighted by molar-refractivity contribution is 0.0693. The first-order valence-corrected chi connectivity index (χ1v) is 8.00. The van der Waals surface area contributed by atoms with Crippen LogP contribution in [0.4, 0.5) is 0 Å². The lowest BCUT2D eigenvalue weighted by Gasteiger charge is -2.18. The number of pyridine rings is 1. The van der Waals surface area contributed by atoms with Crippen LogP contribution in [0, 0.1) is 6.92 Å². The minimum Gasteiger partial charge on any atom is -0.491 e. The van der Waals surface area contributed by atoms with E-state index in [9.17, 15) is 9.59 Å². The molecule has 0 unspecified atom stereocenters. The van der Waals surface area contributed by atoms with Crippen LogP contribution in [0.2, 0.25) is 0 Å². The molecule has 0 atom stereocenters. The third-order valence-corrected chi connectivity index (χ3v) is 3.57. The van der Waals surface area contributed by atoms with Gasteiger partial charge in [-0.15, -0.1) is 0 Å². The lowest BCUT2D eigenvalue weighted by atomic mass is 10.1. The molecule has 1 amide bonds. The van der Waals surface area contributed by atoms with Gasteiger partial charge in [0.05, 0.1) is 17.4 Å². The normalized spacial score (nSPS) is 10.6. The second-order valence-corrected chi connectivity index (χ2v) is 6.11. The Bertz CT molecular complexity index is 787. The van der Waals surface area contributed by atoms with Crippen molar-refractivity contribution in [2.24, 2.45) is 0 Å². The van der Waals surface area contributed by atoms with E-state index in [-0.39, 0.29) is 23.3 Å². The summed E-state index contributed by atoms with van der Waals surface area (Å²) in [5.41, 5.74) is 1.57. The van der Waals surface area contributed by atoms with Crippen LogP contribution in [-0.4, -0.2) is 40.0 Å². The fourth-order valence-corrected chi connectivity index (χ4v) is 2.44. The van der Waals surface area contributed by atoms with Gasteiger partial charge in [0.25, 0.3) is 5.91 Å². The molecule has 132 valence electrons. The highest BCUT2D eigenvalue weighted by Crippen LogP contribution is 2.17. The van der Waals surface area contributed by atoms with Crippen LogP contribution >= 0.6 is 0 Å². The third kappa shape index (κ3) is 4.79. The van der Waals surface area contributed by atoms with Crippen molar-refractivity contribution >= 4 is 11.9 Å². The largest absolute Gasteiger partial charge is 0.491 e. The van der Waals surface area contributed by atoms with Crippen LogP contribution in [0.1, 0.15) is 46.0 Å². The fourth-order valence-electron chi connectivity index (χ4n) is 2.44. The van der Waals surface area contributed by atoms with Crippen molar-refractivity contribution in [3.63, 3.8) is 0 Å². The van der Waals surface area contributed by atoms with Crippen molar-refractivity contribution in [1.82, 2.24) is 9.88 Å². The predicted molar refractivity (Wildman–Crippen MR) is 93.9 cm³/mol. The Balaban J connectivity index is 2.13. The number of carbonyl (C=O) groups is 2. The molecule has 0 aliphatic carbocycles. The number of aromatic nitrogens is 1. The maximum absolute atomic E-state index is 12.5. The van der Waals surface area contributed by atoms with E-state index in [1.807, 2.05) is 38.1 Å². The van der Waals surface area contributed by atoms with Gasteiger partial charge in [0.1, 0.15) is 11.4 Å². The molecule has 25 heavy (non-hydrogen) atoms. The quantitative estimate of drug-likeness (QED) is 0.872. The van der Waals surface area contributed by atoms with Crippen LogP contribution in [0.25, 0.3) is 0 Å². The second-order valence-electron chi connectivity index (χ2n) is 6.11. The molecule has 1 aromatic carbocycles. The first-order chi connectivity index (χ1) is 11.8. The van der Waals surface area contributed by atoms with E-state index < -0.39 is 5.97 Å². The smallest absolute Gasteiger partial charge is 0.337 e. The predicted octanol–water partition coefficient (Wildman–Crippen LogP) is 3.15. The van der Waals surface area contributed by atoms with Crippen LogP contribution in [0.5, 0.6) is 5.75 Å². The molecule has 0 radical (unpaired) electrons. The van der Waals surface area contributed by atoms with Crippen molar-refractivity contribution in [3.05, 3.63) is 58.9 Å². The number of aryl methyl sites for hydroxylation is 1. The molecule has 1 aromatic heterocycles. The Hall–Kier alpha value is -2.89. The molecule has 0 fully saturated rings. The number of amides is 1. The summed E-state index contributed by atoms with van der Waals surface area (Å²) in [5, 5.41) is 9.04. The summed E-state index contributed by atoms with van der Waals surface area (Å²) in [4.78, 5) is 29.2. The Morgan fingerprint density at radius 2 is 1.96 bits per heavy atom. The number of nitrogens with zero attached hydrogens (tertiary/aromatic N) is 2. The molecule has 2 aromatic rings. The minimum atomic E-state index is -1.06. The number of carboxylic acid groups (broad SMARTS) is 1. The number of benzene rings is 1. The van der Waals surface area contributed by atoms with Crippen molar-refractivity contribution < 1.29 is 19.4 Å². The molecule has 0 aliphatic rings. The Morgan fingerprint density at radius 1 is 1.24 bits per heavy atom. The van der Waals surface area contributed by atoms with Gasteiger partial charge in [0, 0.05) is 13.6 Å². The molecule has 0 bridgehead atoms. The summed E-state index contributed by atoms with van der Waals surface area (Å²) < 4.78 is 5.66. The van der Waals surface area contributed by atoms with Gasteiger partial charge in [-0.3, -0.25) is 4.79 Å². The molecule has 1 N–H and O–H groups in total.